The van der Waals surface area contributed by atoms with Crippen molar-refractivity contribution in [2.24, 2.45) is 0 Å². The van der Waals surface area contributed by atoms with E-state index in [-0.39, 0.29) is 11.9 Å². The van der Waals surface area contributed by atoms with Crippen LogP contribution in [0.1, 0.15) is 43.4 Å². The fraction of sp³-hybridized carbons (Fsp3) is 0.333. The zero-order valence-electron chi connectivity index (χ0n) is 12.5. The molecule has 0 radical (unpaired) electrons. The zero-order valence-corrected chi connectivity index (χ0v) is 13.3. The number of unbranched alkanes of at least 4 members (excludes halogenated alkanes) is 1. The molecule has 21 heavy (non-hydrogen) atoms. The maximum absolute atomic E-state index is 13.1. The Hall–Kier alpha value is -1.54. The molecule has 0 aliphatic carbocycles. The molecule has 3 heteroatoms. The van der Waals surface area contributed by atoms with Crippen LogP contribution in [0, 0.1) is 12.7 Å². The topological polar surface area (TPSA) is 12.0 Å². The van der Waals surface area contributed by atoms with Crippen LogP contribution in [0.25, 0.3) is 0 Å². The summed E-state index contributed by atoms with van der Waals surface area (Å²) in [5.41, 5.74) is 3.17. The number of benzene rings is 2. The van der Waals surface area contributed by atoms with Gasteiger partial charge >= 0.3 is 0 Å². The summed E-state index contributed by atoms with van der Waals surface area (Å²) in [6.07, 6.45) is 3.23. The second-order valence-corrected chi connectivity index (χ2v) is 5.73. The molecule has 1 nitrogen and oxygen atoms in total. The summed E-state index contributed by atoms with van der Waals surface area (Å²) < 4.78 is 13.1. The lowest BCUT2D eigenvalue weighted by molar-refractivity contribution is 0.616. The molecule has 2 aromatic carbocycles. The smallest absolute Gasteiger partial charge is 0.123 e. The van der Waals surface area contributed by atoms with Crippen LogP contribution in [0.5, 0.6) is 0 Å². The number of anilines is 1. The minimum atomic E-state index is -0.207. The van der Waals surface area contributed by atoms with Crippen LogP contribution in [0.2, 0.25) is 5.02 Å². The second-order valence-electron chi connectivity index (χ2n) is 5.32. The lowest BCUT2D eigenvalue weighted by Gasteiger charge is -2.22. The van der Waals surface area contributed by atoms with Crippen molar-refractivity contribution in [1.82, 2.24) is 0 Å². The Kier molecular flexibility index (Phi) is 5.63. The van der Waals surface area contributed by atoms with Gasteiger partial charge in [0.05, 0.1) is 16.8 Å². The highest BCUT2D eigenvalue weighted by molar-refractivity contribution is 6.33. The summed E-state index contributed by atoms with van der Waals surface area (Å²) in [6.45, 7) is 4.21. The average molecular weight is 306 g/mol. The molecule has 1 atom stereocenters. The molecule has 0 aromatic heterocycles. The summed E-state index contributed by atoms with van der Waals surface area (Å²) in [6, 6.07) is 12.7. The van der Waals surface area contributed by atoms with Crippen molar-refractivity contribution in [2.45, 2.75) is 39.2 Å². The molecular weight excluding hydrogens is 285 g/mol. The van der Waals surface area contributed by atoms with Gasteiger partial charge in [0.15, 0.2) is 0 Å². The molecule has 0 saturated heterocycles. The first-order valence-electron chi connectivity index (χ1n) is 7.39. The normalized spacial score (nSPS) is 12.2. The van der Waals surface area contributed by atoms with E-state index in [0.29, 0.717) is 0 Å². The number of aryl methyl sites for hydroxylation is 1. The van der Waals surface area contributed by atoms with Crippen LogP contribution < -0.4 is 5.32 Å². The van der Waals surface area contributed by atoms with Gasteiger partial charge < -0.3 is 5.32 Å². The Balaban J connectivity index is 2.26. The third-order valence-electron chi connectivity index (χ3n) is 3.66. The van der Waals surface area contributed by atoms with E-state index >= 15 is 0 Å². The quantitative estimate of drug-likeness (QED) is 0.676. The number of nitrogens with one attached hydrogen (secondary N) is 1. The van der Waals surface area contributed by atoms with Crippen molar-refractivity contribution in [1.29, 1.82) is 0 Å². The van der Waals surface area contributed by atoms with Crippen molar-refractivity contribution in [3.05, 3.63) is 64.4 Å². The highest BCUT2D eigenvalue weighted by Crippen LogP contribution is 2.31. The fourth-order valence-electron chi connectivity index (χ4n) is 2.41. The summed E-state index contributed by atoms with van der Waals surface area (Å²) in [7, 11) is 0. The molecule has 0 heterocycles. The minimum Gasteiger partial charge on any atom is -0.377 e. The van der Waals surface area contributed by atoms with E-state index in [1.807, 2.05) is 37.3 Å². The van der Waals surface area contributed by atoms with E-state index in [4.69, 9.17) is 11.6 Å². The van der Waals surface area contributed by atoms with Gasteiger partial charge in [-0.25, -0.2) is 4.39 Å². The Morgan fingerprint density at radius 1 is 1.14 bits per heavy atom. The molecule has 2 rings (SSSR count). The Morgan fingerprint density at radius 3 is 2.48 bits per heavy atom. The SMILES string of the molecule is CCCCC(Nc1c(C)cccc1Cl)c1ccc(F)cc1. The largest absolute Gasteiger partial charge is 0.377 e. The summed E-state index contributed by atoms with van der Waals surface area (Å²) >= 11 is 6.30. The van der Waals surface area contributed by atoms with Gasteiger partial charge in [-0.2, -0.15) is 0 Å². The van der Waals surface area contributed by atoms with Gasteiger partial charge in [0, 0.05) is 0 Å². The van der Waals surface area contributed by atoms with E-state index in [1.165, 1.54) is 12.1 Å². The molecule has 2 aromatic rings. The van der Waals surface area contributed by atoms with Gasteiger partial charge in [0.2, 0.25) is 0 Å². The lowest BCUT2D eigenvalue weighted by Crippen LogP contribution is -2.12. The monoisotopic (exact) mass is 305 g/mol. The molecule has 0 amide bonds. The van der Waals surface area contributed by atoms with Crippen LogP contribution in [-0.4, -0.2) is 0 Å². The van der Waals surface area contributed by atoms with Gasteiger partial charge in [-0.3, -0.25) is 0 Å². The van der Waals surface area contributed by atoms with E-state index in [1.54, 1.807) is 0 Å². The summed E-state index contributed by atoms with van der Waals surface area (Å²) in [5, 5.41) is 4.25. The Morgan fingerprint density at radius 2 is 1.86 bits per heavy atom. The molecule has 112 valence electrons. The zero-order chi connectivity index (χ0) is 15.2. The van der Waals surface area contributed by atoms with Gasteiger partial charge in [-0.1, -0.05) is 55.6 Å². The highest BCUT2D eigenvalue weighted by atomic mass is 35.5. The van der Waals surface area contributed by atoms with Crippen LogP contribution >= 0.6 is 11.6 Å². The van der Waals surface area contributed by atoms with E-state index in [0.717, 1.165) is 41.1 Å². The maximum atomic E-state index is 13.1. The molecule has 0 saturated carbocycles. The minimum absolute atomic E-state index is 0.143. The average Bonchev–Trinajstić information content (AvgIpc) is 2.47. The number of hydrogen-bond acceptors (Lipinski definition) is 1. The third-order valence-corrected chi connectivity index (χ3v) is 3.97. The summed E-state index contributed by atoms with van der Waals surface area (Å²) in [5.74, 6) is -0.207. The van der Waals surface area contributed by atoms with Crippen molar-refractivity contribution in [3.8, 4) is 0 Å². The number of para-hydroxylation sites is 1. The first-order valence-corrected chi connectivity index (χ1v) is 7.76. The van der Waals surface area contributed by atoms with Gasteiger partial charge in [0.1, 0.15) is 5.82 Å². The van der Waals surface area contributed by atoms with Crippen molar-refractivity contribution < 1.29 is 4.39 Å². The fourth-order valence-corrected chi connectivity index (χ4v) is 2.69. The van der Waals surface area contributed by atoms with Crippen LogP contribution in [0.3, 0.4) is 0 Å². The van der Waals surface area contributed by atoms with Gasteiger partial charge in [-0.15, -0.1) is 0 Å². The molecular formula is C18H21ClFN. The standard InChI is InChI=1S/C18H21ClFN/c1-3-4-8-17(14-9-11-15(20)12-10-14)21-18-13(2)6-5-7-16(18)19/h5-7,9-12,17,21H,3-4,8H2,1-2H3. The van der Waals surface area contributed by atoms with Crippen LogP contribution in [-0.2, 0) is 0 Å². The van der Waals surface area contributed by atoms with Gasteiger partial charge in [-0.05, 0) is 42.7 Å². The lowest BCUT2D eigenvalue weighted by atomic mass is 10.00. The van der Waals surface area contributed by atoms with Crippen molar-refractivity contribution in [3.63, 3.8) is 0 Å². The molecule has 0 aliphatic rings. The predicted octanol–water partition coefficient (Wildman–Crippen LogP) is 6.13. The van der Waals surface area contributed by atoms with Crippen molar-refractivity contribution >= 4 is 17.3 Å². The predicted molar refractivity (Wildman–Crippen MR) is 88.5 cm³/mol. The molecule has 0 bridgehead atoms. The second kappa shape index (κ2) is 7.46. The summed E-state index contributed by atoms with van der Waals surface area (Å²) in [4.78, 5) is 0. The van der Waals surface area contributed by atoms with E-state index in [2.05, 4.69) is 12.2 Å². The highest BCUT2D eigenvalue weighted by Gasteiger charge is 2.14. The third kappa shape index (κ3) is 4.21. The maximum Gasteiger partial charge on any atom is 0.123 e. The first kappa shape index (κ1) is 15.8. The molecule has 0 aliphatic heterocycles. The molecule has 0 fully saturated rings. The number of halogens is 2. The van der Waals surface area contributed by atoms with E-state index < -0.39 is 0 Å². The molecule has 1 N–H and O–H groups in total. The van der Waals surface area contributed by atoms with E-state index in [9.17, 15) is 4.39 Å². The van der Waals surface area contributed by atoms with Crippen molar-refractivity contribution in [2.75, 3.05) is 5.32 Å². The van der Waals surface area contributed by atoms with Crippen LogP contribution in [0.15, 0.2) is 42.5 Å². The Labute approximate surface area is 131 Å². The van der Waals surface area contributed by atoms with Crippen LogP contribution in [0.4, 0.5) is 10.1 Å². The molecule has 1 unspecified atom stereocenters. The van der Waals surface area contributed by atoms with Gasteiger partial charge in [0.25, 0.3) is 0 Å². The number of hydrogen-bond donors (Lipinski definition) is 1. The Bertz CT molecular complexity index is 560. The number of rotatable bonds is 6. The molecule has 0 spiro atoms. The first-order chi connectivity index (χ1) is 10.1.